The molecule has 112 valence electrons. The summed E-state index contributed by atoms with van der Waals surface area (Å²) in [5.74, 6) is 1.16. The van der Waals surface area contributed by atoms with Crippen LogP contribution in [0.25, 0.3) is 0 Å². The van der Waals surface area contributed by atoms with Gasteiger partial charge in [0.05, 0.1) is 18.7 Å². The Kier molecular flexibility index (Phi) is 4.16. The van der Waals surface area contributed by atoms with Crippen LogP contribution in [0.15, 0.2) is 23.2 Å². The molecule has 2 rings (SSSR count). The van der Waals surface area contributed by atoms with Gasteiger partial charge < -0.3 is 9.84 Å². The molecule has 1 aliphatic rings. The van der Waals surface area contributed by atoms with Crippen molar-refractivity contribution in [2.45, 2.75) is 38.5 Å². The predicted octanol–water partition coefficient (Wildman–Crippen LogP) is 1.70. The Balaban J connectivity index is 2.52. The summed E-state index contributed by atoms with van der Waals surface area (Å²) in [6.45, 7) is 5.35. The van der Waals surface area contributed by atoms with Crippen LogP contribution in [0.2, 0.25) is 0 Å². The number of nitriles is 1. The number of aliphatic hydroxyl groups is 1. The number of aliphatic imine (C=N–C) groups is 1. The van der Waals surface area contributed by atoms with Crippen molar-refractivity contribution in [2.24, 2.45) is 4.99 Å². The first kappa shape index (κ1) is 15.3. The molecule has 6 heteroatoms. The fraction of sp³-hybridized carbons (Fsp3) is 0.467. The number of nitrogens with zero attached hydrogens (tertiary/aromatic N) is 2. The molecule has 0 aromatic heterocycles. The Morgan fingerprint density at radius 2 is 2.24 bits per heavy atom. The summed E-state index contributed by atoms with van der Waals surface area (Å²) >= 11 is 0. The number of aliphatic hydroxyl groups excluding tert-OH is 1. The van der Waals surface area contributed by atoms with Gasteiger partial charge in [0.2, 0.25) is 0 Å². The van der Waals surface area contributed by atoms with E-state index in [1.807, 2.05) is 0 Å². The van der Waals surface area contributed by atoms with Gasteiger partial charge in [0.1, 0.15) is 29.3 Å². The maximum Gasteiger partial charge on any atom is 0.132 e. The highest BCUT2D eigenvalue weighted by molar-refractivity contribution is 5.78. The van der Waals surface area contributed by atoms with Crippen LogP contribution < -0.4 is 10.2 Å². The molecule has 0 amide bonds. The van der Waals surface area contributed by atoms with Crippen LogP contribution in [0.5, 0.6) is 5.75 Å². The standard InChI is InChI=1S/C15H19N3O3/c1-9(18-20-4)17-13-11-7-10(8-16)5-6-12(11)21-15(2,3)14(13)19/h5-7,13-14,19H,1-4H3,(H,17,18)/t13-,14+/m1/s1. The van der Waals surface area contributed by atoms with E-state index in [0.717, 1.165) is 0 Å². The minimum atomic E-state index is -0.840. The Morgan fingerprint density at radius 1 is 1.52 bits per heavy atom. The zero-order chi connectivity index (χ0) is 15.6. The number of nitrogens with one attached hydrogen (secondary N) is 1. The maximum atomic E-state index is 10.5. The first-order chi connectivity index (χ1) is 9.89. The number of hydroxylamine groups is 1. The van der Waals surface area contributed by atoms with Crippen LogP contribution >= 0.6 is 0 Å². The average molecular weight is 289 g/mol. The van der Waals surface area contributed by atoms with Gasteiger partial charge >= 0.3 is 0 Å². The summed E-state index contributed by atoms with van der Waals surface area (Å²) in [6.07, 6.45) is -0.840. The van der Waals surface area contributed by atoms with Crippen LogP contribution in [0.4, 0.5) is 0 Å². The van der Waals surface area contributed by atoms with Gasteiger partial charge in [0.25, 0.3) is 0 Å². The van der Waals surface area contributed by atoms with Crippen molar-refractivity contribution >= 4 is 5.84 Å². The van der Waals surface area contributed by atoms with Crippen molar-refractivity contribution < 1.29 is 14.7 Å². The summed E-state index contributed by atoms with van der Waals surface area (Å²) in [5, 5.41) is 19.6. The fourth-order valence-corrected chi connectivity index (χ4v) is 2.36. The fourth-order valence-electron chi connectivity index (χ4n) is 2.36. The van der Waals surface area contributed by atoms with Gasteiger partial charge in [0, 0.05) is 5.56 Å². The van der Waals surface area contributed by atoms with Gasteiger partial charge in [-0.2, -0.15) is 5.26 Å². The lowest BCUT2D eigenvalue weighted by atomic mass is 9.86. The highest BCUT2D eigenvalue weighted by Gasteiger charge is 2.43. The molecule has 6 nitrogen and oxygen atoms in total. The van der Waals surface area contributed by atoms with Crippen molar-refractivity contribution in [3.05, 3.63) is 29.3 Å². The Hall–Kier alpha value is -2.10. The van der Waals surface area contributed by atoms with E-state index in [0.29, 0.717) is 22.7 Å². The van der Waals surface area contributed by atoms with Gasteiger partial charge in [-0.25, -0.2) is 0 Å². The summed E-state index contributed by atoms with van der Waals surface area (Å²) in [7, 11) is 1.49. The number of fused-ring (bicyclic) bond motifs is 1. The lowest BCUT2D eigenvalue weighted by Gasteiger charge is -2.40. The van der Waals surface area contributed by atoms with E-state index in [1.165, 1.54) is 7.11 Å². The van der Waals surface area contributed by atoms with E-state index in [1.54, 1.807) is 39.0 Å². The topological polar surface area (TPSA) is 86.9 Å². The lowest BCUT2D eigenvalue weighted by Crippen LogP contribution is -2.48. The molecule has 1 aromatic rings. The molecule has 0 aliphatic carbocycles. The van der Waals surface area contributed by atoms with E-state index >= 15 is 0 Å². The van der Waals surface area contributed by atoms with Crippen LogP contribution in [-0.4, -0.2) is 29.8 Å². The molecule has 0 unspecified atom stereocenters. The SMILES string of the molecule is CONC(C)=N[C@@H]1c2cc(C#N)ccc2OC(C)(C)[C@H]1O. The molecule has 0 spiro atoms. The van der Waals surface area contributed by atoms with Crippen LogP contribution in [0.1, 0.15) is 37.9 Å². The number of amidine groups is 1. The van der Waals surface area contributed by atoms with Gasteiger partial charge in [-0.05, 0) is 39.0 Å². The van der Waals surface area contributed by atoms with E-state index < -0.39 is 17.7 Å². The number of ether oxygens (including phenoxy) is 1. The molecular formula is C15H19N3O3. The molecule has 1 aromatic carbocycles. The molecule has 21 heavy (non-hydrogen) atoms. The molecule has 0 radical (unpaired) electrons. The second-order valence-electron chi connectivity index (χ2n) is 5.48. The van der Waals surface area contributed by atoms with Gasteiger partial charge in [-0.3, -0.25) is 15.3 Å². The molecule has 2 atom stereocenters. The quantitative estimate of drug-likeness (QED) is 0.491. The largest absolute Gasteiger partial charge is 0.485 e. The van der Waals surface area contributed by atoms with Crippen molar-refractivity contribution in [2.75, 3.05) is 7.11 Å². The highest BCUT2D eigenvalue weighted by Crippen LogP contribution is 2.42. The molecule has 1 aliphatic heterocycles. The number of rotatable bonds is 2. The Labute approximate surface area is 124 Å². The van der Waals surface area contributed by atoms with Crippen molar-refractivity contribution in [1.29, 1.82) is 5.26 Å². The monoisotopic (exact) mass is 289 g/mol. The third-order valence-electron chi connectivity index (χ3n) is 3.42. The van der Waals surface area contributed by atoms with Crippen LogP contribution in [0, 0.1) is 11.3 Å². The number of hydrogen-bond acceptors (Lipinski definition) is 5. The normalized spacial score (nSPS) is 23.7. The summed E-state index contributed by atoms with van der Waals surface area (Å²) in [4.78, 5) is 9.28. The molecule has 0 saturated carbocycles. The molecule has 2 N–H and O–H groups in total. The van der Waals surface area contributed by atoms with Crippen LogP contribution in [0.3, 0.4) is 0 Å². The van der Waals surface area contributed by atoms with Gasteiger partial charge in [-0.15, -0.1) is 0 Å². The Morgan fingerprint density at radius 3 is 2.86 bits per heavy atom. The zero-order valence-electron chi connectivity index (χ0n) is 12.5. The van der Waals surface area contributed by atoms with E-state index in [4.69, 9.17) is 14.8 Å². The predicted molar refractivity (Wildman–Crippen MR) is 77.9 cm³/mol. The maximum absolute atomic E-state index is 10.5. The second kappa shape index (κ2) is 5.72. The van der Waals surface area contributed by atoms with E-state index in [2.05, 4.69) is 16.5 Å². The molecular weight excluding hydrogens is 270 g/mol. The third-order valence-corrected chi connectivity index (χ3v) is 3.42. The zero-order valence-corrected chi connectivity index (χ0v) is 12.5. The van der Waals surface area contributed by atoms with E-state index in [-0.39, 0.29) is 0 Å². The molecule has 0 saturated heterocycles. The molecule has 0 fully saturated rings. The number of benzene rings is 1. The summed E-state index contributed by atoms with van der Waals surface area (Å²) in [5.41, 5.74) is 3.05. The first-order valence-electron chi connectivity index (χ1n) is 6.63. The Bertz CT molecular complexity index is 605. The van der Waals surface area contributed by atoms with E-state index in [9.17, 15) is 5.11 Å². The van der Waals surface area contributed by atoms with Crippen molar-refractivity contribution in [1.82, 2.24) is 5.48 Å². The van der Waals surface area contributed by atoms with Gasteiger partial charge in [0.15, 0.2) is 0 Å². The second-order valence-corrected chi connectivity index (χ2v) is 5.48. The highest BCUT2D eigenvalue weighted by atomic mass is 16.6. The van der Waals surface area contributed by atoms with Gasteiger partial charge in [-0.1, -0.05) is 0 Å². The third kappa shape index (κ3) is 2.99. The summed E-state index contributed by atoms with van der Waals surface area (Å²) < 4.78 is 5.82. The molecule has 0 bridgehead atoms. The minimum absolute atomic E-state index is 0.502. The van der Waals surface area contributed by atoms with Crippen LogP contribution in [-0.2, 0) is 4.84 Å². The first-order valence-corrected chi connectivity index (χ1v) is 6.63. The van der Waals surface area contributed by atoms with Crippen molar-refractivity contribution in [3.63, 3.8) is 0 Å². The lowest BCUT2D eigenvalue weighted by molar-refractivity contribution is -0.0568. The average Bonchev–Trinajstić information content (AvgIpc) is 2.43. The molecule has 1 heterocycles. The minimum Gasteiger partial charge on any atom is -0.485 e. The van der Waals surface area contributed by atoms with Crippen molar-refractivity contribution in [3.8, 4) is 11.8 Å². The summed E-state index contributed by atoms with van der Waals surface area (Å²) in [6, 6.07) is 6.68. The smallest absolute Gasteiger partial charge is 0.132 e. The number of hydrogen-bond donors (Lipinski definition) is 2.